The Morgan fingerprint density at radius 1 is 1.16 bits per heavy atom. The number of halogens is 1. The minimum absolute atomic E-state index is 0.0736. The smallest absolute Gasteiger partial charge is 0.251 e. The lowest BCUT2D eigenvalue weighted by atomic mass is 9.94. The van der Waals surface area contributed by atoms with Crippen LogP contribution in [0.25, 0.3) is 11.1 Å². The molecule has 0 saturated carbocycles. The fourth-order valence-electron chi connectivity index (χ4n) is 3.73. The normalized spacial score (nSPS) is 16.3. The molecular formula is C27H30ClNO2. The van der Waals surface area contributed by atoms with E-state index < -0.39 is 0 Å². The Kier molecular flexibility index (Phi) is 8.13. The summed E-state index contributed by atoms with van der Waals surface area (Å²) in [5, 5.41) is 3.84. The van der Waals surface area contributed by atoms with Crippen LogP contribution in [0, 0.1) is 6.92 Å². The molecule has 0 bridgehead atoms. The second-order valence-corrected chi connectivity index (χ2v) is 8.10. The second-order valence-electron chi connectivity index (χ2n) is 7.66. The van der Waals surface area contributed by atoms with Gasteiger partial charge in [-0.2, -0.15) is 0 Å². The van der Waals surface area contributed by atoms with Gasteiger partial charge in [0.15, 0.2) is 0 Å². The number of allylic oxidation sites excluding steroid dienone is 1. The zero-order valence-electron chi connectivity index (χ0n) is 18.5. The van der Waals surface area contributed by atoms with Crippen molar-refractivity contribution in [3.05, 3.63) is 94.2 Å². The van der Waals surface area contributed by atoms with Crippen LogP contribution in [0.1, 0.15) is 49.8 Å². The van der Waals surface area contributed by atoms with E-state index in [0.717, 1.165) is 41.0 Å². The standard InChI is InChI=1S/C27H30ClNO2/c1-4-9-20(24-16-22(28)13-12-19(24)3)14-15-29-27(30)25-17-23(5-2)31-18-26(25)21-10-7-6-8-11-21/h6-13,16-18,23H,4-5,14-15H2,1-3H3,(H,29,30). The molecule has 4 heteroatoms. The lowest BCUT2D eigenvalue weighted by Crippen LogP contribution is -2.29. The van der Waals surface area contributed by atoms with Gasteiger partial charge in [-0.1, -0.05) is 67.9 Å². The minimum atomic E-state index is -0.0853. The van der Waals surface area contributed by atoms with E-state index in [1.165, 1.54) is 11.1 Å². The Hall–Kier alpha value is -2.78. The summed E-state index contributed by atoms with van der Waals surface area (Å²) >= 11 is 6.23. The number of hydrogen-bond acceptors (Lipinski definition) is 2. The van der Waals surface area contributed by atoms with E-state index in [1.807, 2.05) is 61.5 Å². The van der Waals surface area contributed by atoms with Gasteiger partial charge in [-0.3, -0.25) is 4.79 Å². The molecule has 0 saturated heterocycles. The largest absolute Gasteiger partial charge is 0.493 e. The predicted octanol–water partition coefficient (Wildman–Crippen LogP) is 6.72. The van der Waals surface area contributed by atoms with Crippen LogP contribution < -0.4 is 5.32 Å². The molecule has 3 rings (SSSR count). The Balaban J connectivity index is 1.73. The number of aryl methyl sites for hydroxylation is 1. The summed E-state index contributed by atoms with van der Waals surface area (Å²) in [7, 11) is 0. The van der Waals surface area contributed by atoms with Crippen molar-refractivity contribution in [2.45, 2.75) is 46.1 Å². The summed E-state index contributed by atoms with van der Waals surface area (Å²) < 4.78 is 5.79. The highest BCUT2D eigenvalue weighted by molar-refractivity contribution is 6.30. The second kappa shape index (κ2) is 11.0. The van der Waals surface area contributed by atoms with Crippen LogP contribution in [0.4, 0.5) is 0 Å². The first-order chi connectivity index (χ1) is 15.0. The molecule has 1 amide bonds. The Bertz CT molecular complexity index is 1010. The topological polar surface area (TPSA) is 38.3 Å². The number of nitrogens with one attached hydrogen (secondary N) is 1. The van der Waals surface area contributed by atoms with E-state index in [4.69, 9.17) is 16.3 Å². The minimum Gasteiger partial charge on any atom is -0.493 e. The molecule has 1 atom stereocenters. The fourth-order valence-corrected chi connectivity index (χ4v) is 3.90. The van der Waals surface area contributed by atoms with Gasteiger partial charge in [-0.05, 0) is 66.7 Å². The molecule has 0 aliphatic carbocycles. The third kappa shape index (κ3) is 5.89. The quantitative estimate of drug-likeness (QED) is 0.499. The third-order valence-corrected chi connectivity index (χ3v) is 5.65. The average molecular weight is 436 g/mol. The number of amides is 1. The SMILES string of the molecule is CCC=C(CCNC(=O)C1=CC(CC)OC=C1c1ccccc1)c1cc(Cl)ccc1C. The molecule has 0 spiro atoms. The van der Waals surface area contributed by atoms with Crippen LogP contribution in [-0.4, -0.2) is 18.6 Å². The Morgan fingerprint density at radius 2 is 1.94 bits per heavy atom. The highest BCUT2D eigenvalue weighted by atomic mass is 35.5. The lowest BCUT2D eigenvalue weighted by Gasteiger charge is -2.22. The van der Waals surface area contributed by atoms with Crippen molar-refractivity contribution in [2.24, 2.45) is 0 Å². The number of ether oxygens (including phenoxy) is 1. The summed E-state index contributed by atoms with van der Waals surface area (Å²) in [5.74, 6) is -0.0736. The van der Waals surface area contributed by atoms with Crippen molar-refractivity contribution in [2.75, 3.05) is 6.54 Å². The molecule has 0 radical (unpaired) electrons. The maximum absolute atomic E-state index is 13.1. The van der Waals surface area contributed by atoms with Gasteiger partial charge < -0.3 is 10.1 Å². The molecule has 1 heterocycles. The zero-order chi connectivity index (χ0) is 22.2. The zero-order valence-corrected chi connectivity index (χ0v) is 19.2. The summed E-state index contributed by atoms with van der Waals surface area (Å²) in [6.45, 7) is 6.80. The Morgan fingerprint density at radius 3 is 2.65 bits per heavy atom. The molecule has 3 nitrogen and oxygen atoms in total. The first-order valence-electron chi connectivity index (χ1n) is 10.9. The molecule has 2 aromatic rings. The third-order valence-electron chi connectivity index (χ3n) is 5.41. The van der Waals surface area contributed by atoms with E-state index in [2.05, 4.69) is 25.2 Å². The molecule has 1 aliphatic heterocycles. The van der Waals surface area contributed by atoms with Gasteiger partial charge in [-0.25, -0.2) is 0 Å². The van der Waals surface area contributed by atoms with Gasteiger partial charge in [0.25, 0.3) is 5.91 Å². The first kappa shape index (κ1) is 22.9. The first-order valence-corrected chi connectivity index (χ1v) is 11.3. The molecule has 1 unspecified atom stereocenters. The van der Waals surface area contributed by atoms with E-state index in [0.29, 0.717) is 12.1 Å². The predicted molar refractivity (Wildman–Crippen MR) is 130 cm³/mol. The van der Waals surface area contributed by atoms with Crippen molar-refractivity contribution < 1.29 is 9.53 Å². The van der Waals surface area contributed by atoms with E-state index >= 15 is 0 Å². The molecule has 0 aromatic heterocycles. The van der Waals surface area contributed by atoms with Crippen LogP contribution in [-0.2, 0) is 9.53 Å². The number of hydrogen-bond donors (Lipinski definition) is 1. The van der Waals surface area contributed by atoms with Crippen molar-refractivity contribution in [3.63, 3.8) is 0 Å². The van der Waals surface area contributed by atoms with Gasteiger partial charge >= 0.3 is 0 Å². The summed E-state index contributed by atoms with van der Waals surface area (Å²) in [6, 6.07) is 15.8. The lowest BCUT2D eigenvalue weighted by molar-refractivity contribution is -0.117. The number of carbonyl (C=O) groups is 1. The fraction of sp³-hybridized carbons (Fsp3) is 0.296. The van der Waals surface area contributed by atoms with Crippen LogP contribution in [0.3, 0.4) is 0 Å². The molecule has 1 N–H and O–H groups in total. The van der Waals surface area contributed by atoms with Crippen LogP contribution in [0.5, 0.6) is 0 Å². The van der Waals surface area contributed by atoms with Crippen LogP contribution in [0.15, 0.2) is 72.5 Å². The van der Waals surface area contributed by atoms with E-state index in [1.54, 1.807) is 6.26 Å². The molecule has 1 aliphatic rings. The molecule has 0 fully saturated rings. The maximum Gasteiger partial charge on any atom is 0.251 e. The van der Waals surface area contributed by atoms with Crippen molar-refractivity contribution in [1.29, 1.82) is 0 Å². The van der Waals surface area contributed by atoms with Gasteiger partial charge in [0.1, 0.15) is 6.10 Å². The molecule has 2 aromatic carbocycles. The Labute approximate surface area is 190 Å². The monoisotopic (exact) mass is 435 g/mol. The number of carbonyl (C=O) groups excluding carboxylic acids is 1. The van der Waals surface area contributed by atoms with Gasteiger partial charge in [0, 0.05) is 22.7 Å². The average Bonchev–Trinajstić information content (AvgIpc) is 2.80. The van der Waals surface area contributed by atoms with Gasteiger partial charge in [0.2, 0.25) is 0 Å². The highest BCUT2D eigenvalue weighted by Gasteiger charge is 2.22. The summed E-state index contributed by atoms with van der Waals surface area (Å²) in [5.41, 5.74) is 5.99. The highest BCUT2D eigenvalue weighted by Crippen LogP contribution is 2.29. The molecular weight excluding hydrogens is 406 g/mol. The van der Waals surface area contributed by atoms with E-state index in [9.17, 15) is 4.79 Å². The van der Waals surface area contributed by atoms with Crippen molar-refractivity contribution in [3.8, 4) is 0 Å². The van der Waals surface area contributed by atoms with Crippen molar-refractivity contribution >= 4 is 28.7 Å². The maximum atomic E-state index is 13.1. The van der Waals surface area contributed by atoms with E-state index in [-0.39, 0.29) is 12.0 Å². The number of rotatable bonds is 8. The summed E-state index contributed by atoms with van der Waals surface area (Å²) in [6.07, 6.45) is 8.26. The van der Waals surface area contributed by atoms with Gasteiger partial charge in [0.05, 0.1) is 6.26 Å². The van der Waals surface area contributed by atoms with Crippen LogP contribution >= 0.6 is 11.6 Å². The van der Waals surface area contributed by atoms with Crippen molar-refractivity contribution in [1.82, 2.24) is 5.32 Å². The summed E-state index contributed by atoms with van der Waals surface area (Å²) in [4.78, 5) is 13.1. The molecule has 162 valence electrons. The molecule has 31 heavy (non-hydrogen) atoms. The number of benzene rings is 2. The van der Waals surface area contributed by atoms with Gasteiger partial charge in [-0.15, -0.1) is 0 Å². The van der Waals surface area contributed by atoms with Crippen LogP contribution in [0.2, 0.25) is 5.02 Å².